The number of hydrogen-bond donors (Lipinski definition) is 2. The number of hydrogen-bond acceptors (Lipinski definition) is 2. The van der Waals surface area contributed by atoms with Crippen LogP contribution in [0.15, 0.2) is 17.1 Å². The Morgan fingerprint density at radius 1 is 1.53 bits per heavy atom. The summed E-state index contributed by atoms with van der Waals surface area (Å²) in [7, 11) is 0. The summed E-state index contributed by atoms with van der Waals surface area (Å²) in [6.07, 6.45) is 2.55. The molecule has 0 aliphatic carbocycles. The summed E-state index contributed by atoms with van der Waals surface area (Å²) in [5.74, 6) is 1.26. The zero-order chi connectivity index (χ0) is 13.5. The molecule has 5 heteroatoms. The van der Waals surface area contributed by atoms with Crippen molar-refractivity contribution >= 4 is 29.9 Å². The van der Waals surface area contributed by atoms with E-state index >= 15 is 0 Å². The van der Waals surface area contributed by atoms with Gasteiger partial charge in [-0.25, -0.2) is 4.99 Å². The van der Waals surface area contributed by atoms with E-state index < -0.39 is 0 Å². The molecule has 1 saturated heterocycles. The van der Waals surface area contributed by atoms with Gasteiger partial charge in [0.25, 0.3) is 0 Å². The number of nitrogens with two attached hydrogens (primary N) is 1. The summed E-state index contributed by atoms with van der Waals surface area (Å²) in [5, 5.41) is 3.23. The Morgan fingerprint density at radius 3 is 2.79 bits per heavy atom. The Morgan fingerprint density at radius 2 is 2.21 bits per heavy atom. The van der Waals surface area contributed by atoms with Crippen LogP contribution in [0, 0.1) is 5.92 Å². The largest absolute Gasteiger partial charge is 0.370 e. The molecule has 112 valence electrons. The Labute approximate surface area is 134 Å². The van der Waals surface area contributed by atoms with Crippen LogP contribution in [-0.2, 0) is 0 Å². The zero-order valence-electron chi connectivity index (χ0n) is 12.5. The van der Waals surface area contributed by atoms with Crippen molar-refractivity contribution in [1.82, 2.24) is 10.2 Å². The van der Waals surface area contributed by atoms with Gasteiger partial charge in [-0.05, 0) is 32.2 Å². The molecule has 0 amide bonds. The third kappa shape index (κ3) is 7.77. The van der Waals surface area contributed by atoms with Crippen LogP contribution in [0.2, 0.25) is 0 Å². The molecule has 1 heterocycles. The lowest BCUT2D eigenvalue weighted by atomic mass is 10.1. The fraction of sp³-hybridized carbons (Fsp3) is 0.786. The maximum Gasteiger partial charge on any atom is 0.188 e. The number of nitrogens with one attached hydrogen (secondary N) is 1. The maximum absolute atomic E-state index is 5.83. The minimum absolute atomic E-state index is 0. The first-order chi connectivity index (χ1) is 8.49. The second kappa shape index (κ2) is 9.58. The molecule has 0 aromatic rings. The molecule has 1 aliphatic rings. The molecular weight excluding hydrogens is 351 g/mol. The molecule has 1 aliphatic heterocycles. The average Bonchev–Trinajstić information content (AvgIpc) is 2.70. The van der Waals surface area contributed by atoms with Gasteiger partial charge in [0.15, 0.2) is 5.96 Å². The van der Waals surface area contributed by atoms with E-state index in [-0.39, 0.29) is 24.0 Å². The quantitative estimate of drug-likeness (QED) is 0.322. The molecule has 1 rings (SSSR count). The van der Waals surface area contributed by atoms with E-state index in [1.807, 2.05) is 6.92 Å². The molecule has 0 aromatic heterocycles. The second-order valence-corrected chi connectivity index (χ2v) is 5.72. The van der Waals surface area contributed by atoms with Crippen LogP contribution in [0.5, 0.6) is 0 Å². The molecule has 19 heavy (non-hydrogen) atoms. The van der Waals surface area contributed by atoms with Gasteiger partial charge in [0, 0.05) is 19.1 Å². The lowest BCUT2D eigenvalue weighted by Gasteiger charge is -2.26. The van der Waals surface area contributed by atoms with Gasteiger partial charge < -0.3 is 11.1 Å². The van der Waals surface area contributed by atoms with E-state index in [1.54, 1.807) is 0 Å². The lowest BCUT2D eigenvalue weighted by Crippen LogP contribution is -2.43. The van der Waals surface area contributed by atoms with Gasteiger partial charge >= 0.3 is 0 Å². The number of aliphatic imine (C=N–C) groups is 1. The van der Waals surface area contributed by atoms with Gasteiger partial charge in [0.2, 0.25) is 0 Å². The highest BCUT2D eigenvalue weighted by molar-refractivity contribution is 14.0. The molecule has 0 unspecified atom stereocenters. The standard InChI is InChI=1S/C14H28N4.HI/c1-11(2)8-16-14(15)17-9-13-6-5-7-18(13)10-12(3)4;/h12-13H,1,5-10H2,2-4H3,(H3,15,16,17);1H/t13-;/m1./s1. The number of likely N-dealkylation sites (tertiary alicyclic amines) is 1. The van der Waals surface area contributed by atoms with E-state index in [1.165, 1.54) is 25.9 Å². The molecule has 0 radical (unpaired) electrons. The Hall–Kier alpha value is -0.300. The molecule has 3 N–H and O–H groups in total. The van der Waals surface area contributed by atoms with Crippen molar-refractivity contribution in [3.05, 3.63) is 12.2 Å². The van der Waals surface area contributed by atoms with Crippen LogP contribution in [0.25, 0.3) is 0 Å². The molecule has 1 atom stereocenters. The minimum atomic E-state index is 0. The van der Waals surface area contributed by atoms with Crippen LogP contribution in [0.4, 0.5) is 0 Å². The Balaban J connectivity index is 0.00000324. The van der Waals surface area contributed by atoms with Crippen molar-refractivity contribution in [3.8, 4) is 0 Å². The van der Waals surface area contributed by atoms with Crippen LogP contribution in [0.1, 0.15) is 33.6 Å². The van der Waals surface area contributed by atoms with Gasteiger partial charge in [0.1, 0.15) is 0 Å². The highest BCUT2D eigenvalue weighted by Gasteiger charge is 2.24. The van der Waals surface area contributed by atoms with E-state index in [0.717, 1.165) is 18.0 Å². The zero-order valence-corrected chi connectivity index (χ0v) is 14.8. The third-order valence-corrected chi connectivity index (χ3v) is 3.14. The molecule has 4 nitrogen and oxygen atoms in total. The minimum Gasteiger partial charge on any atom is -0.370 e. The topological polar surface area (TPSA) is 53.6 Å². The molecule has 0 bridgehead atoms. The molecule has 0 saturated carbocycles. The fourth-order valence-electron chi connectivity index (χ4n) is 2.33. The second-order valence-electron chi connectivity index (χ2n) is 5.72. The summed E-state index contributed by atoms with van der Waals surface area (Å²) in [6, 6.07) is 0.603. The van der Waals surface area contributed by atoms with Crippen molar-refractivity contribution in [2.24, 2.45) is 16.6 Å². The average molecular weight is 380 g/mol. The number of halogens is 1. The highest BCUT2D eigenvalue weighted by atomic mass is 127. The summed E-state index contributed by atoms with van der Waals surface area (Å²) in [4.78, 5) is 6.80. The summed E-state index contributed by atoms with van der Waals surface area (Å²) >= 11 is 0. The summed E-state index contributed by atoms with van der Waals surface area (Å²) in [6.45, 7) is 14.2. The molecule has 0 aromatic carbocycles. The van der Waals surface area contributed by atoms with Gasteiger partial charge in [-0.1, -0.05) is 26.0 Å². The van der Waals surface area contributed by atoms with Gasteiger partial charge in [0.05, 0.1) is 6.54 Å². The van der Waals surface area contributed by atoms with E-state index in [9.17, 15) is 0 Å². The van der Waals surface area contributed by atoms with Crippen molar-refractivity contribution in [3.63, 3.8) is 0 Å². The predicted molar refractivity (Wildman–Crippen MR) is 94.2 cm³/mol. The SMILES string of the molecule is C=C(C)CN=C(N)NC[C@H]1CCCN1CC(C)C.I. The van der Waals surface area contributed by atoms with Crippen molar-refractivity contribution < 1.29 is 0 Å². The maximum atomic E-state index is 5.83. The van der Waals surface area contributed by atoms with E-state index in [2.05, 4.69) is 35.6 Å². The van der Waals surface area contributed by atoms with Crippen LogP contribution >= 0.6 is 24.0 Å². The first kappa shape index (κ1) is 18.7. The van der Waals surface area contributed by atoms with Gasteiger partial charge in [-0.15, -0.1) is 24.0 Å². The Bertz CT molecular complexity index is 302. The van der Waals surface area contributed by atoms with Crippen LogP contribution < -0.4 is 11.1 Å². The highest BCUT2D eigenvalue weighted by Crippen LogP contribution is 2.17. The van der Waals surface area contributed by atoms with Gasteiger partial charge in [-0.3, -0.25) is 4.90 Å². The summed E-state index contributed by atoms with van der Waals surface area (Å²) < 4.78 is 0. The molecule has 0 spiro atoms. The fourth-order valence-corrected chi connectivity index (χ4v) is 2.33. The number of rotatable bonds is 6. The number of guanidine groups is 1. The third-order valence-electron chi connectivity index (χ3n) is 3.14. The van der Waals surface area contributed by atoms with Gasteiger partial charge in [-0.2, -0.15) is 0 Å². The first-order valence-electron chi connectivity index (χ1n) is 6.91. The molecular formula is C14H29IN4. The summed E-state index contributed by atoms with van der Waals surface area (Å²) in [5.41, 5.74) is 6.86. The van der Waals surface area contributed by atoms with Crippen molar-refractivity contribution in [1.29, 1.82) is 0 Å². The first-order valence-corrected chi connectivity index (χ1v) is 6.91. The van der Waals surface area contributed by atoms with Crippen molar-refractivity contribution in [2.75, 3.05) is 26.2 Å². The van der Waals surface area contributed by atoms with Crippen molar-refractivity contribution in [2.45, 2.75) is 39.7 Å². The normalized spacial score (nSPS) is 20.4. The van der Waals surface area contributed by atoms with Crippen LogP contribution in [0.3, 0.4) is 0 Å². The Kier molecular flexibility index (Phi) is 9.43. The van der Waals surface area contributed by atoms with Crippen LogP contribution in [-0.4, -0.2) is 43.1 Å². The van der Waals surface area contributed by atoms with E-state index in [4.69, 9.17) is 5.73 Å². The smallest absolute Gasteiger partial charge is 0.188 e. The monoisotopic (exact) mass is 380 g/mol. The predicted octanol–water partition coefficient (Wildman–Crippen LogP) is 2.21. The molecule has 1 fully saturated rings. The number of nitrogens with zero attached hydrogens (tertiary/aromatic N) is 2. The lowest BCUT2D eigenvalue weighted by molar-refractivity contribution is 0.227. The van der Waals surface area contributed by atoms with E-state index in [0.29, 0.717) is 18.5 Å².